The molecule has 0 radical (unpaired) electrons. The standard InChI is InChI=1S/C12H11N3O2S.H2O4S/c1-15-6-10-11(14-12(15)13)9-5-3-2-4-8(9)7-18(10,16)17;1-5(2,3)4/h2-6,13H,7H2,1H3;(H2,1,2,3,4). The highest BCUT2D eigenvalue weighted by Crippen LogP contribution is 2.35. The van der Waals surface area contributed by atoms with Gasteiger partial charge in [0.25, 0.3) is 0 Å². The molecule has 1 aromatic carbocycles. The number of hydrogen-bond acceptors (Lipinski definition) is 7. The zero-order valence-electron chi connectivity index (χ0n) is 11.9. The average Bonchev–Trinajstić information content (AvgIpc) is 2.39. The largest absolute Gasteiger partial charge is 0.726 e. The van der Waals surface area contributed by atoms with Gasteiger partial charge >= 0.3 is 5.95 Å². The molecule has 3 N–H and O–H groups in total. The number of aromatic nitrogens is 2. The second-order valence-corrected chi connectivity index (χ2v) is 7.58. The minimum atomic E-state index is -4.92. The molecule has 0 amide bonds. The van der Waals surface area contributed by atoms with Crippen LogP contribution in [0.5, 0.6) is 0 Å². The van der Waals surface area contributed by atoms with E-state index in [1.54, 1.807) is 13.1 Å². The number of fused-ring (bicyclic) bond motifs is 3. The van der Waals surface area contributed by atoms with Crippen LogP contribution in [0.25, 0.3) is 11.3 Å². The molecular weight excluding hydrogens is 346 g/mol. The summed E-state index contributed by atoms with van der Waals surface area (Å²) in [6.45, 7) is 0. The second kappa shape index (κ2) is 5.85. The first-order valence-electron chi connectivity index (χ1n) is 6.14. The highest BCUT2D eigenvalue weighted by atomic mass is 32.3. The number of nitrogen functional groups attached to an aromatic ring is 1. The molecule has 0 saturated carbocycles. The smallest absolute Gasteiger partial charge is 0.389 e. The maximum Gasteiger partial charge on any atom is 0.389 e. The maximum absolute atomic E-state index is 12.2. The van der Waals surface area contributed by atoms with Gasteiger partial charge < -0.3 is 4.55 Å². The van der Waals surface area contributed by atoms with Crippen LogP contribution in [0, 0.1) is 0 Å². The summed E-state index contributed by atoms with van der Waals surface area (Å²) in [6, 6.07) is 7.37. The van der Waals surface area contributed by atoms with Crippen molar-refractivity contribution in [1.29, 1.82) is 0 Å². The molecule has 2 aromatic rings. The van der Waals surface area contributed by atoms with Gasteiger partial charge in [-0.3, -0.25) is 10.3 Å². The number of aryl methyl sites for hydroxylation is 1. The Kier molecular flexibility index (Phi) is 4.39. The highest BCUT2D eigenvalue weighted by Gasteiger charge is 2.32. The molecule has 124 valence electrons. The second-order valence-electron chi connectivity index (χ2n) is 4.77. The summed E-state index contributed by atoms with van der Waals surface area (Å²) in [4.78, 5) is 4.46. The summed E-state index contributed by atoms with van der Waals surface area (Å²) in [5, 5.41) is 0. The fourth-order valence-corrected chi connectivity index (χ4v) is 3.72. The van der Waals surface area contributed by atoms with E-state index >= 15 is 0 Å². The number of sulfone groups is 1. The van der Waals surface area contributed by atoms with E-state index in [-0.39, 0.29) is 10.6 Å². The molecule has 0 fully saturated rings. The quantitative estimate of drug-likeness (QED) is 0.360. The molecule has 0 aliphatic carbocycles. The van der Waals surface area contributed by atoms with Crippen molar-refractivity contribution in [1.82, 2.24) is 4.98 Å². The zero-order chi connectivity index (χ0) is 17.4. The van der Waals surface area contributed by atoms with Crippen LogP contribution in [0.15, 0.2) is 35.4 Å². The Hall–Kier alpha value is -2.08. The first kappa shape index (κ1) is 17.3. The summed E-state index contributed by atoms with van der Waals surface area (Å²) in [5.74, 6) is 0.308. The molecule has 1 aliphatic rings. The van der Waals surface area contributed by atoms with E-state index in [0.717, 1.165) is 11.1 Å². The van der Waals surface area contributed by atoms with Gasteiger partial charge in [-0.15, -0.1) is 0 Å². The lowest BCUT2D eigenvalue weighted by Gasteiger charge is -2.16. The number of anilines is 1. The van der Waals surface area contributed by atoms with Crippen molar-refractivity contribution in [2.24, 2.45) is 7.05 Å². The average molecular weight is 359 g/mol. The Morgan fingerprint density at radius 3 is 2.52 bits per heavy atom. The SMILES string of the molecule is C[n+]1cc2c(nc1N)-c1ccccc1CS2(=O)=O.O=S(=O)([O-])O. The van der Waals surface area contributed by atoms with Gasteiger partial charge in [0.05, 0.1) is 19.0 Å². The van der Waals surface area contributed by atoms with Gasteiger partial charge in [-0.05, 0) is 5.56 Å². The molecule has 0 unspecified atom stereocenters. The molecule has 1 aliphatic heterocycles. The van der Waals surface area contributed by atoms with Gasteiger partial charge in [-0.25, -0.2) is 21.4 Å². The summed E-state index contributed by atoms with van der Waals surface area (Å²) >= 11 is 0. The van der Waals surface area contributed by atoms with Crippen molar-refractivity contribution in [3.05, 3.63) is 36.0 Å². The predicted molar refractivity (Wildman–Crippen MR) is 78.5 cm³/mol. The molecular formula is C12H13N3O6S2. The molecule has 0 bridgehead atoms. The Balaban J connectivity index is 0.000000338. The van der Waals surface area contributed by atoms with Crippen LogP contribution in [0.2, 0.25) is 0 Å². The van der Waals surface area contributed by atoms with Crippen molar-refractivity contribution < 1.29 is 30.5 Å². The van der Waals surface area contributed by atoms with Crippen LogP contribution in [0.4, 0.5) is 5.95 Å². The summed E-state index contributed by atoms with van der Waals surface area (Å²) in [7, 11) is -6.57. The van der Waals surface area contributed by atoms with Crippen LogP contribution in [0.3, 0.4) is 0 Å². The summed E-state index contributed by atoms with van der Waals surface area (Å²) < 4.78 is 58.8. The third-order valence-corrected chi connectivity index (χ3v) is 4.75. The molecule has 0 saturated heterocycles. The van der Waals surface area contributed by atoms with Crippen LogP contribution < -0.4 is 10.3 Å². The van der Waals surface area contributed by atoms with Gasteiger partial charge in [0.2, 0.25) is 10.4 Å². The van der Waals surface area contributed by atoms with Crippen molar-refractivity contribution in [2.75, 3.05) is 5.73 Å². The van der Waals surface area contributed by atoms with E-state index in [0.29, 0.717) is 11.6 Å². The topological polar surface area (TPSA) is 154 Å². The third kappa shape index (κ3) is 4.01. The first-order chi connectivity index (χ1) is 10.5. The lowest BCUT2D eigenvalue weighted by molar-refractivity contribution is -0.661. The van der Waals surface area contributed by atoms with Gasteiger partial charge in [0, 0.05) is 5.56 Å². The normalized spacial score (nSPS) is 14.9. The van der Waals surface area contributed by atoms with E-state index in [1.165, 1.54) is 10.8 Å². The molecule has 3 rings (SSSR count). The molecule has 0 spiro atoms. The monoisotopic (exact) mass is 359 g/mol. The first-order valence-corrected chi connectivity index (χ1v) is 9.16. The number of nitrogens with two attached hydrogens (primary N) is 1. The Morgan fingerprint density at radius 2 is 1.91 bits per heavy atom. The third-order valence-electron chi connectivity index (χ3n) is 3.09. The van der Waals surface area contributed by atoms with E-state index in [2.05, 4.69) is 4.98 Å². The van der Waals surface area contributed by atoms with Crippen LogP contribution in [-0.2, 0) is 33.0 Å². The van der Waals surface area contributed by atoms with Crippen molar-refractivity contribution in [3.63, 3.8) is 0 Å². The fourth-order valence-electron chi connectivity index (χ4n) is 2.13. The summed E-state index contributed by atoms with van der Waals surface area (Å²) in [6.07, 6.45) is 1.53. The van der Waals surface area contributed by atoms with Crippen molar-refractivity contribution in [2.45, 2.75) is 10.6 Å². The van der Waals surface area contributed by atoms with E-state index < -0.39 is 20.2 Å². The summed E-state index contributed by atoms with van der Waals surface area (Å²) in [5.41, 5.74) is 7.81. The Labute approximate surface area is 132 Å². The highest BCUT2D eigenvalue weighted by molar-refractivity contribution is 7.90. The molecule has 0 atom stereocenters. The number of nitrogens with zero attached hydrogens (tertiary/aromatic N) is 2. The molecule has 2 heterocycles. The van der Waals surface area contributed by atoms with Gasteiger partial charge in [-0.1, -0.05) is 29.2 Å². The molecule has 11 heteroatoms. The zero-order valence-corrected chi connectivity index (χ0v) is 13.5. The number of hydrogen-bond donors (Lipinski definition) is 2. The van der Waals surface area contributed by atoms with Crippen LogP contribution in [0.1, 0.15) is 5.56 Å². The van der Waals surface area contributed by atoms with Crippen molar-refractivity contribution >= 4 is 26.2 Å². The van der Waals surface area contributed by atoms with Gasteiger partial charge in [0.1, 0.15) is 4.90 Å². The fraction of sp³-hybridized carbons (Fsp3) is 0.167. The number of rotatable bonds is 0. The van der Waals surface area contributed by atoms with E-state index in [9.17, 15) is 8.42 Å². The Morgan fingerprint density at radius 1 is 1.35 bits per heavy atom. The minimum absolute atomic E-state index is 0.0156. The van der Waals surface area contributed by atoms with Crippen molar-refractivity contribution in [3.8, 4) is 11.3 Å². The molecule has 9 nitrogen and oxygen atoms in total. The number of benzene rings is 1. The van der Waals surface area contributed by atoms with Gasteiger partial charge in [-0.2, -0.15) is 0 Å². The lowest BCUT2D eigenvalue weighted by Crippen LogP contribution is -2.35. The van der Waals surface area contributed by atoms with E-state index in [1.807, 2.05) is 18.2 Å². The predicted octanol–water partition coefficient (Wildman–Crippen LogP) is -0.553. The van der Waals surface area contributed by atoms with Crippen LogP contribution in [-0.4, -0.2) is 30.9 Å². The lowest BCUT2D eigenvalue weighted by atomic mass is 10.1. The minimum Gasteiger partial charge on any atom is -0.726 e. The van der Waals surface area contributed by atoms with E-state index in [4.69, 9.17) is 23.3 Å². The van der Waals surface area contributed by atoms with Gasteiger partial charge in [0.15, 0.2) is 15.5 Å². The van der Waals surface area contributed by atoms with Crippen LogP contribution >= 0.6 is 0 Å². The molecule has 23 heavy (non-hydrogen) atoms. The maximum atomic E-state index is 12.2. The molecule has 1 aromatic heterocycles. The Bertz CT molecular complexity index is 962.